The summed E-state index contributed by atoms with van der Waals surface area (Å²) in [6.45, 7) is 2.10. The van der Waals surface area contributed by atoms with E-state index in [1.807, 2.05) is 30.1 Å². The molecule has 0 aliphatic carbocycles. The minimum Gasteiger partial charge on any atom is -0.495 e. The van der Waals surface area contributed by atoms with Crippen LogP contribution < -0.4 is 30.3 Å². The lowest BCUT2D eigenvalue weighted by Gasteiger charge is -2.22. The Labute approximate surface area is 214 Å². The van der Waals surface area contributed by atoms with E-state index in [1.54, 1.807) is 31.2 Å². The van der Waals surface area contributed by atoms with Crippen LogP contribution in [0.1, 0.15) is 6.92 Å². The molecule has 0 aliphatic rings. The molecule has 0 bridgehead atoms. The predicted molar refractivity (Wildman–Crippen MR) is 142 cm³/mol. The molecule has 0 saturated heterocycles. The van der Waals surface area contributed by atoms with Crippen LogP contribution in [-0.2, 0) is 4.79 Å². The van der Waals surface area contributed by atoms with Gasteiger partial charge in [0, 0.05) is 19.2 Å². The van der Waals surface area contributed by atoms with Gasteiger partial charge < -0.3 is 30.3 Å². The molecule has 0 radical (unpaired) electrons. The Hall–Kier alpha value is -3.69. The number of carbonyl (C=O) groups is 1. The van der Waals surface area contributed by atoms with Crippen LogP contribution in [0.15, 0.2) is 54.9 Å². The number of carbonyl (C=O) groups excluding carboxylic acids is 1. The molecule has 0 unspecified atom stereocenters. The molecule has 0 aliphatic heterocycles. The third-order valence-corrected chi connectivity index (χ3v) is 5.63. The maximum absolute atomic E-state index is 12.0. The van der Waals surface area contributed by atoms with Gasteiger partial charge in [-0.15, -0.1) is 0 Å². The van der Waals surface area contributed by atoms with E-state index in [0.29, 0.717) is 56.9 Å². The summed E-state index contributed by atoms with van der Waals surface area (Å²) < 4.78 is 10.6. The number of rotatable bonds is 10. The predicted octanol–water partition coefficient (Wildman–Crippen LogP) is 5.56. The van der Waals surface area contributed by atoms with E-state index < -0.39 is 0 Å². The number of aromatic nitrogens is 2. The molecule has 11 heteroatoms. The van der Waals surface area contributed by atoms with E-state index in [4.69, 9.17) is 32.7 Å². The number of anilines is 5. The van der Waals surface area contributed by atoms with E-state index >= 15 is 0 Å². The van der Waals surface area contributed by atoms with Crippen LogP contribution in [0.3, 0.4) is 0 Å². The molecular weight excluding hydrogens is 491 g/mol. The lowest BCUT2D eigenvalue weighted by Crippen LogP contribution is -2.26. The van der Waals surface area contributed by atoms with Gasteiger partial charge in [0.1, 0.15) is 39.5 Å². The fourth-order valence-corrected chi connectivity index (χ4v) is 3.74. The van der Waals surface area contributed by atoms with Gasteiger partial charge in [0.05, 0.1) is 38.0 Å². The van der Waals surface area contributed by atoms with E-state index in [1.165, 1.54) is 26.6 Å². The third kappa shape index (κ3) is 6.46. The second kappa shape index (κ2) is 12.1. The van der Waals surface area contributed by atoms with Crippen LogP contribution in [-0.4, -0.2) is 43.8 Å². The van der Waals surface area contributed by atoms with Crippen molar-refractivity contribution in [3.63, 3.8) is 0 Å². The summed E-state index contributed by atoms with van der Waals surface area (Å²) in [7, 11) is 4.89. The van der Waals surface area contributed by atoms with Gasteiger partial charge in [-0.25, -0.2) is 9.97 Å². The number of para-hydroxylation sites is 2. The summed E-state index contributed by atoms with van der Waals surface area (Å²) in [4.78, 5) is 22.5. The summed E-state index contributed by atoms with van der Waals surface area (Å²) in [6, 6.07) is 10.8. The molecule has 1 amide bonds. The second-order valence-electron chi connectivity index (χ2n) is 7.24. The number of nitrogens with zero attached hydrogens (tertiary/aromatic N) is 3. The van der Waals surface area contributed by atoms with Crippen molar-refractivity contribution in [2.45, 2.75) is 6.92 Å². The van der Waals surface area contributed by atoms with Crippen LogP contribution in [0.2, 0.25) is 10.0 Å². The first-order chi connectivity index (χ1) is 16.9. The fourth-order valence-electron chi connectivity index (χ4n) is 3.11. The first kappa shape index (κ1) is 25.9. The molecule has 0 spiro atoms. The highest BCUT2D eigenvalue weighted by Gasteiger charge is 2.18. The third-order valence-electron chi connectivity index (χ3n) is 4.88. The van der Waals surface area contributed by atoms with E-state index in [2.05, 4.69) is 25.9 Å². The van der Waals surface area contributed by atoms with Gasteiger partial charge in [0.15, 0.2) is 0 Å². The first-order valence-electron chi connectivity index (χ1n) is 10.5. The fraction of sp³-hybridized carbons (Fsp3) is 0.208. The van der Waals surface area contributed by atoms with Crippen LogP contribution >= 0.6 is 23.2 Å². The Kier molecular flexibility index (Phi) is 8.99. The van der Waals surface area contributed by atoms with Gasteiger partial charge in [-0.1, -0.05) is 41.4 Å². The van der Waals surface area contributed by atoms with Crippen molar-refractivity contribution in [3.05, 3.63) is 64.9 Å². The molecule has 1 heterocycles. The maximum atomic E-state index is 12.0. The van der Waals surface area contributed by atoms with Gasteiger partial charge >= 0.3 is 0 Å². The SMILES string of the molecule is CC=CC(=O)Nc1ccccc1Nc1cc(N(C)CNc2c(Cl)c(OC)cc(OC)c2Cl)ncn1. The Morgan fingerprint density at radius 2 is 1.71 bits per heavy atom. The molecule has 0 atom stereocenters. The number of amides is 1. The molecule has 1 aromatic heterocycles. The molecule has 35 heavy (non-hydrogen) atoms. The zero-order valence-electron chi connectivity index (χ0n) is 19.7. The number of hydrogen-bond donors (Lipinski definition) is 3. The largest absolute Gasteiger partial charge is 0.495 e. The molecule has 0 fully saturated rings. The van der Waals surface area contributed by atoms with Crippen LogP contribution in [0.4, 0.5) is 28.7 Å². The molecule has 9 nitrogen and oxygen atoms in total. The molecule has 2 aromatic carbocycles. The van der Waals surface area contributed by atoms with Crippen LogP contribution in [0, 0.1) is 0 Å². The van der Waals surface area contributed by atoms with Gasteiger partial charge in [0.25, 0.3) is 0 Å². The molecular formula is C24H26Cl2N6O3. The Bertz CT molecular complexity index is 1190. The van der Waals surface area contributed by atoms with Crippen molar-refractivity contribution in [1.29, 1.82) is 0 Å². The van der Waals surface area contributed by atoms with Crippen molar-refractivity contribution in [3.8, 4) is 11.5 Å². The van der Waals surface area contributed by atoms with Gasteiger partial charge in [-0.3, -0.25) is 4.79 Å². The first-order valence-corrected chi connectivity index (χ1v) is 11.3. The highest BCUT2D eigenvalue weighted by atomic mass is 35.5. The molecule has 0 saturated carbocycles. The lowest BCUT2D eigenvalue weighted by atomic mass is 10.2. The van der Waals surface area contributed by atoms with Crippen molar-refractivity contribution < 1.29 is 14.3 Å². The quantitative estimate of drug-likeness (QED) is 0.237. The summed E-state index contributed by atoms with van der Waals surface area (Å²) in [6.07, 6.45) is 4.58. The number of hydrogen-bond acceptors (Lipinski definition) is 8. The Morgan fingerprint density at radius 3 is 2.34 bits per heavy atom. The zero-order chi connectivity index (χ0) is 25.4. The Morgan fingerprint density at radius 1 is 1.06 bits per heavy atom. The molecule has 184 valence electrons. The van der Waals surface area contributed by atoms with Crippen molar-refractivity contribution in [2.75, 3.05) is 48.8 Å². The van der Waals surface area contributed by atoms with Gasteiger partial charge in [0.2, 0.25) is 5.91 Å². The molecule has 3 N–H and O–H groups in total. The van der Waals surface area contributed by atoms with Crippen molar-refractivity contribution in [2.24, 2.45) is 0 Å². The highest BCUT2D eigenvalue weighted by Crippen LogP contribution is 2.44. The number of benzene rings is 2. The Balaban J connectivity index is 1.76. The van der Waals surface area contributed by atoms with Crippen molar-refractivity contribution in [1.82, 2.24) is 9.97 Å². The second-order valence-corrected chi connectivity index (χ2v) is 7.99. The van der Waals surface area contributed by atoms with Gasteiger partial charge in [-0.05, 0) is 25.1 Å². The zero-order valence-corrected chi connectivity index (χ0v) is 21.2. The molecule has 3 aromatic rings. The number of ether oxygens (including phenoxy) is 2. The number of allylic oxidation sites excluding steroid dienone is 1. The normalized spacial score (nSPS) is 10.7. The maximum Gasteiger partial charge on any atom is 0.248 e. The lowest BCUT2D eigenvalue weighted by molar-refractivity contribution is -0.111. The molecule has 3 rings (SSSR count). The van der Waals surface area contributed by atoms with Crippen molar-refractivity contribution >= 4 is 57.8 Å². The average Bonchev–Trinajstić information content (AvgIpc) is 2.85. The van der Waals surface area contributed by atoms with Gasteiger partial charge in [-0.2, -0.15) is 0 Å². The van der Waals surface area contributed by atoms with Crippen LogP contribution in [0.25, 0.3) is 0 Å². The minimum absolute atomic E-state index is 0.220. The summed E-state index contributed by atoms with van der Waals surface area (Å²) in [5.41, 5.74) is 1.80. The standard InChI is InChI=1S/C24H26Cl2N6O3/c1-5-8-21(33)31-16-10-7-6-9-15(16)30-19-12-20(28-13-27-19)32(2)14-29-24-22(25)17(34-3)11-18(35-4)23(24)26/h5-13,29H,14H2,1-4H3,(H,31,33)(H,27,28,30). The highest BCUT2D eigenvalue weighted by molar-refractivity contribution is 6.41. The van der Waals surface area contributed by atoms with E-state index in [-0.39, 0.29) is 5.91 Å². The number of nitrogens with one attached hydrogen (secondary N) is 3. The van der Waals surface area contributed by atoms with Crippen LogP contribution in [0.5, 0.6) is 11.5 Å². The summed E-state index contributed by atoms with van der Waals surface area (Å²) in [5, 5.41) is 9.95. The summed E-state index contributed by atoms with van der Waals surface area (Å²) in [5.74, 6) is 1.84. The minimum atomic E-state index is -0.220. The topological polar surface area (TPSA) is 101 Å². The van der Waals surface area contributed by atoms with E-state index in [9.17, 15) is 4.79 Å². The monoisotopic (exact) mass is 516 g/mol. The van der Waals surface area contributed by atoms with E-state index in [0.717, 1.165) is 0 Å². The number of methoxy groups -OCH3 is 2. The average molecular weight is 517 g/mol. The number of halogens is 2. The smallest absolute Gasteiger partial charge is 0.248 e. The summed E-state index contributed by atoms with van der Waals surface area (Å²) >= 11 is 12.9.